The van der Waals surface area contributed by atoms with Gasteiger partial charge in [0.15, 0.2) is 0 Å². The van der Waals surface area contributed by atoms with Gasteiger partial charge in [0, 0.05) is 22.6 Å². The summed E-state index contributed by atoms with van der Waals surface area (Å²) < 4.78 is 6.37. The number of halogens is 3. The van der Waals surface area contributed by atoms with Crippen molar-refractivity contribution in [1.82, 2.24) is 5.32 Å². The number of ether oxygens (including phenoxy) is 1. The predicted molar refractivity (Wildman–Crippen MR) is 86.6 cm³/mol. The highest BCUT2D eigenvalue weighted by Crippen LogP contribution is 2.34. The lowest BCUT2D eigenvalue weighted by Crippen LogP contribution is -2.37. The Kier molecular flexibility index (Phi) is 6.18. The maximum absolute atomic E-state index is 6.08. The molecule has 0 amide bonds. The first-order valence-corrected chi connectivity index (χ1v) is 7.43. The maximum atomic E-state index is 6.08. The molecule has 0 aliphatic carbocycles. The van der Waals surface area contributed by atoms with Crippen LogP contribution in [0.1, 0.15) is 20.8 Å². The summed E-state index contributed by atoms with van der Waals surface area (Å²) >= 11 is 15.4. The first-order valence-electron chi connectivity index (χ1n) is 5.88. The van der Waals surface area contributed by atoms with E-state index in [9.17, 15) is 0 Å². The minimum absolute atomic E-state index is 0.0570. The van der Waals surface area contributed by atoms with Gasteiger partial charge in [-0.3, -0.25) is 0 Å². The van der Waals surface area contributed by atoms with E-state index in [0.29, 0.717) is 28.9 Å². The van der Waals surface area contributed by atoms with Gasteiger partial charge in [-0.2, -0.15) is 0 Å². The zero-order valence-corrected chi connectivity index (χ0v) is 14.4. The average Bonchev–Trinajstić information content (AvgIpc) is 2.28. The summed E-state index contributed by atoms with van der Waals surface area (Å²) in [6.45, 7) is 11.4. The van der Waals surface area contributed by atoms with Gasteiger partial charge < -0.3 is 10.1 Å². The van der Waals surface area contributed by atoms with E-state index in [-0.39, 0.29) is 5.54 Å². The van der Waals surface area contributed by atoms with Gasteiger partial charge in [-0.25, -0.2) is 0 Å². The second-order valence-corrected chi connectivity index (χ2v) is 7.01. The second-order valence-electron chi connectivity index (χ2n) is 5.34. The van der Waals surface area contributed by atoms with Gasteiger partial charge in [-0.05, 0) is 48.3 Å². The van der Waals surface area contributed by atoms with E-state index in [1.54, 1.807) is 12.1 Å². The van der Waals surface area contributed by atoms with Crippen LogP contribution in [0.5, 0.6) is 5.75 Å². The minimum Gasteiger partial charge on any atom is -0.488 e. The molecule has 1 aromatic carbocycles. The fourth-order valence-electron chi connectivity index (χ4n) is 1.24. The number of rotatable bonds is 5. The summed E-state index contributed by atoms with van der Waals surface area (Å²) in [5.41, 5.74) is 1.01. The second kappa shape index (κ2) is 6.98. The number of benzene rings is 1. The molecule has 0 aromatic heterocycles. The summed E-state index contributed by atoms with van der Waals surface area (Å²) in [5.74, 6) is 0.562. The molecule has 0 heterocycles. The van der Waals surface area contributed by atoms with Gasteiger partial charge in [0.25, 0.3) is 0 Å². The van der Waals surface area contributed by atoms with Crippen molar-refractivity contribution in [3.8, 4) is 5.75 Å². The van der Waals surface area contributed by atoms with Gasteiger partial charge in [0.2, 0.25) is 0 Å². The van der Waals surface area contributed by atoms with Crippen molar-refractivity contribution in [2.24, 2.45) is 0 Å². The lowest BCUT2D eigenvalue weighted by Gasteiger charge is -2.21. The molecular weight excluding hydrogens is 349 g/mol. The first-order chi connectivity index (χ1) is 8.69. The van der Waals surface area contributed by atoms with Crippen molar-refractivity contribution in [3.63, 3.8) is 0 Å². The van der Waals surface area contributed by atoms with E-state index in [2.05, 4.69) is 48.6 Å². The summed E-state index contributed by atoms with van der Waals surface area (Å²) in [6, 6.07) is 3.41. The zero-order valence-electron chi connectivity index (χ0n) is 11.3. The quantitative estimate of drug-likeness (QED) is 0.579. The van der Waals surface area contributed by atoms with Crippen LogP contribution < -0.4 is 10.1 Å². The van der Waals surface area contributed by atoms with Crippen molar-refractivity contribution in [2.45, 2.75) is 26.3 Å². The van der Waals surface area contributed by atoms with Gasteiger partial charge in [-0.1, -0.05) is 29.8 Å². The summed E-state index contributed by atoms with van der Waals surface area (Å²) in [4.78, 5) is 0. The van der Waals surface area contributed by atoms with E-state index in [4.69, 9.17) is 27.9 Å². The Morgan fingerprint density at radius 1 is 1.32 bits per heavy atom. The lowest BCUT2D eigenvalue weighted by molar-refractivity contribution is 0.341. The molecule has 19 heavy (non-hydrogen) atoms. The fraction of sp³-hybridized carbons (Fsp3) is 0.429. The normalized spacial score (nSPS) is 11.5. The molecule has 1 aromatic rings. The first kappa shape index (κ1) is 16.8. The zero-order chi connectivity index (χ0) is 14.6. The van der Waals surface area contributed by atoms with Gasteiger partial charge in [-0.15, -0.1) is 0 Å². The standard InChI is InChI=1S/C14H18BrCl2NO/c1-9(7-18-14(2,3)4)8-19-13-6-11(16)10(15)5-12(13)17/h5-6,18H,1,7-8H2,2-4H3. The molecular formula is C14H18BrCl2NO. The maximum Gasteiger partial charge on any atom is 0.139 e. The van der Waals surface area contributed by atoms with Crippen LogP contribution in [0, 0.1) is 0 Å². The Morgan fingerprint density at radius 2 is 1.95 bits per heavy atom. The Labute approximate surface area is 133 Å². The molecule has 0 fully saturated rings. The summed E-state index contributed by atoms with van der Waals surface area (Å²) in [6.07, 6.45) is 0. The van der Waals surface area contributed by atoms with Crippen LogP contribution in [-0.4, -0.2) is 18.7 Å². The van der Waals surface area contributed by atoms with E-state index in [1.165, 1.54) is 0 Å². The molecule has 106 valence electrons. The third kappa shape index (κ3) is 6.17. The molecule has 5 heteroatoms. The SMILES string of the molecule is C=C(CNC(C)(C)C)COc1cc(Cl)c(Br)cc1Cl. The summed E-state index contributed by atoms with van der Waals surface area (Å²) in [5, 5.41) is 4.44. The van der Waals surface area contributed by atoms with Crippen LogP contribution in [0.25, 0.3) is 0 Å². The molecule has 0 unspecified atom stereocenters. The van der Waals surface area contributed by atoms with Crippen LogP contribution in [0.15, 0.2) is 28.8 Å². The third-order valence-corrected chi connectivity index (χ3v) is 3.77. The topological polar surface area (TPSA) is 21.3 Å². The lowest BCUT2D eigenvalue weighted by atomic mass is 10.1. The Balaban J connectivity index is 2.53. The minimum atomic E-state index is 0.0570. The largest absolute Gasteiger partial charge is 0.488 e. The van der Waals surface area contributed by atoms with Gasteiger partial charge in [0.1, 0.15) is 12.4 Å². The Bertz CT molecular complexity index is 469. The summed E-state index contributed by atoms with van der Waals surface area (Å²) in [7, 11) is 0. The van der Waals surface area contributed by atoms with E-state index < -0.39 is 0 Å². The number of nitrogens with one attached hydrogen (secondary N) is 1. The highest BCUT2D eigenvalue weighted by atomic mass is 79.9. The van der Waals surface area contributed by atoms with Crippen molar-refractivity contribution in [1.29, 1.82) is 0 Å². The van der Waals surface area contributed by atoms with Crippen LogP contribution in [-0.2, 0) is 0 Å². The molecule has 0 bridgehead atoms. The van der Waals surface area contributed by atoms with Crippen molar-refractivity contribution in [2.75, 3.05) is 13.2 Å². The molecule has 1 N–H and O–H groups in total. The molecule has 0 atom stereocenters. The van der Waals surface area contributed by atoms with Crippen molar-refractivity contribution < 1.29 is 4.74 Å². The Morgan fingerprint density at radius 3 is 2.53 bits per heavy atom. The molecule has 1 rings (SSSR count). The fourth-order valence-corrected chi connectivity index (χ4v) is 2.08. The predicted octanol–water partition coefficient (Wildman–Crippen LogP) is 5.08. The van der Waals surface area contributed by atoms with Crippen LogP contribution >= 0.6 is 39.1 Å². The average molecular weight is 367 g/mol. The highest BCUT2D eigenvalue weighted by Gasteiger charge is 2.10. The number of hydrogen-bond acceptors (Lipinski definition) is 2. The molecule has 0 aliphatic heterocycles. The molecule has 0 spiro atoms. The monoisotopic (exact) mass is 365 g/mol. The third-order valence-electron chi connectivity index (χ3n) is 2.28. The molecule has 2 nitrogen and oxygen atoms in total. The van der Waals surface area contributed by atoms with Gasteiger partial charge in [0.05, 0.1) is 10.0 Å². The van der Waals surface area contributed by atoms with Crippen LogP contribution in [0.4, 0.5) is 0 Å². The van der Waals surface area contributed by atoms with Crippen molar-refractivity contribution in [3.05, 3.63) is 38.8 Å². The molecule has 0 saturated heterocycles. The van der Waals surface area contributed by atoms with Gasteiger partial charge >= 0.3 is 0 Å². The number of hydrogen-bond donors (Lipinski definition) is 1. The van der Waals surface area contributed by atoms with E-state index >= 15 is 0 Å². The molecule has 0 aliphatic rings. The highest BCUT2D eigenvalue weighted by molar-refractivity contribution is 9.10. The molecule has 0 saturated carbocycles. The van der Waals surface area contributed by atoms with E-state index in [1.807, 2.05) is 0 Å². The smallest absolute Gasteiger partial charge is 0.139 e. The molecule has 0 radical (unpaired) electrons. The van der Waals surface area contributed by atoms with Crippen molar-refractivity contribution >= 4 is 39.1 Å². The Hall–Kier alpha value is -0.220. The van der Waals surface area contributed by atoms with Crippen LogP contribution in [0.3, 0.4) is 0 Å². The van der Waals surface area contributed by atoms with E-state index in [0.717, 1.165) is 10.0 Å². The van der Waals surface area contributed by atoms with Crippen LogP contribution in [0.2, 0.25) is 10.0 Å².